The van der Waals surface area contributed by atoms with Crippen LogP contribution in [0, 0.1) is 11.8 Å². The highest BCUT2D eigenvalue weighted by atomic mass is 16.7. The number of hydrogen-bond donors (Lipinski definition) is 6. The molecule has 14 heteroatoms. The Bertz CT molecular complexity index is 1270. The molecule has 0 radical (unpaired) electrons. The van der Waals surface area contributed by atoms with Crippen LogP contribution in [0.3, 0.4) is 0 Å². The summed E-state index contributed by atoms with van der Waals surface area (Å²) in [6, 6.07) is 7.31. The molecule has 0 saturated carbocycles. The molecule has 3 heterocycles. The van der Waals surface area contributed by atoms with Gasteiger partial charge in [0.15, 0.2) is 29.3 Å². The van der Waals surface area contributed by atoms with Crippen LogP contribution < -0.4 is 23.7 Å². The summed E-state index contributed by atoms with van der Waals surface area (Å²) in [5, 5.41) is 55.7. The third-order valence-corrected chi connectivity index (χ3v) is 8.06. The van der Waals surface area contributed by atoms with Crippen LogP contribution in [0.5, 0.6) is 28.7 Å². The van der Waals surface area contributed by atoms with Gasteiger partial charge in [-0.15, -0.1) is 0 Å². The molecule has 6 rings (SSSR count). The number of ether oxygens (including phenoxy) is 7. The van der Waals surface area contributed by atoms with E-state index in [4.69, 9.17) is 54.0 Å². The van der Waals surface area contributed by atoms with Gasteiger partial charge in [-0.3, -0.25) is 4.79 Å². The van der Waals surface area contributed by atoms with Crippen molar-refractivity contribution in [3.63, 3.8) is 0 Å². The number of methoxy groups -OCH3 is 3. The van der Waals surface area contributed by atoms with E-state index in [2.05, 4.69) is 4.74 Å². The molecule has 0 aromatic heterocycles. The van der Waals surface area contributed by atoms with E-state index in [0.29, 0.717) is 34.3 Å². The number of aliphatic hydroxyl groups is 6. The highest BCUT2D eigenvalue weighted by Gasteiger charge is 2.52. The minimum atomic E-state index is -1.57. The molecule has 2 aromatic carbocycles. The van der Waals surface area contributed by atoms with Crippen LogP contribution in [0.4, 0.5) is 0 Å². The lowest BCUT2D eigenvalue weighted by Crippen LogP contribution is -2.58. The molecule has 6 N–H and O–H groups in total. The zero-order valence-electron chi connectivity index (χ0n) is 23.1. The van der Waals surface area contributed by atoms with E-state index in [1.807, 2.05) is 18.2 Å². The SMILES string of the molecule is COc1cc([C@@H]2c3cc4c(cc3[C@H](O)[C@H]3COC(=O)[C@H]23)OCO4)cc(OC)c1OC.OC[C@H]1O[C@H](O)[C@H](O)[C@@H](O)[C@@H]1O. The summed E-state index contributed by atoms with van der Waals surface area (Å²) >= 11 is 0. The lowest BCUT2D eigenvalue weighted by Gasteiger charge is -2.37. The largest absolute Gasteiger partial charge is 0.493 e. The van der Waals surface area contributed by atoms with E-state index in [1.54, 1.807) is 20.3 Å². The summed E-state index contributed by atoms with van der Waals surface area (Å²) < 4.78 is 37.5. The first kappa shape index (κ1) is 30.1. The van der Waals surface area contributed by atoms with Crippen molar-refractivity contribution in [3.05, 3.63) is 41.0 Å². The van der Waals surface area contributed by atoms with Crippen molar-refractivity contribution in [1.29, 1.82) is 0 Å². The van der Waals surface area contributed by atoms with Crippen molar-refractivity contribution in [2.75, 3.05) is 41.3 Å². The van der Waals surface area contributed by atoms with E-state index in [-0.39, 0.29) is 31.2 Å². The molecule has 2 saturated heterocycles. The van der Waals surface area contributed by atoms with Crippen molar-refractivity contribution in [2.45, 2.75) is 42.7 Å². The number of fused-ring (bicyclic) bond motifs is 3. The van der Waals surface area contributed by atoms with Gasteiger partial charge < -0.3 is 63.8 Å². The summed E-state index contributed by atoms with van der Waals surface area (Å²) in [5.74, 6) is 0.989. The summed E-state index contributed by atoms with van der Waals surface area (Å²) in [5.41, 5.74) is 2.30. The normalized spacial score (nSPS) is 32.6. The molecule has 0 unspecified atom stereocenters. The molecular formula is C28H34O14. The molecule has 42 heavy (non-hydrogen) atoms. The number of esters is 1. The highest BCUT2D eigenvalue weighted by molar-refractivity contribution is 5.79. The number of aliphatic hydroxyl groups excluding tert-OH is 6. The Morgan fingerprint density at radius 1 is 0.810 bits per heavy atom. The van der Waals surface area contributed by atoms with Crippen molar-refractivity contribution in [1.82, 2.24) is 0 Å². The van der Waals surface area contributed by atoms with E-state index in [0.717, 1.165) is 11.1 Å². The predicted octanol–water partition coefficient (Wildman–Crippen LogP) is -0.812. The van der Waals surface area contributed by atoms with Crippen molar-refractivity contribution in [2.24, 2.45) is 11.8 Å². The van der Waals surface area contributed by atoms with Gasteiger partial charge in [0.25, 0.3) is 0 Å². The van der Waals surface area contributed by atoms with Crippen LogP contribution in [0.1, 0.15) is 28.7 Å². The smallest absolute Gasteiger partial charge is 0.310 e. The molecule has 230 valence electrons. The number of benzene rings is 2. The molecule has 1 aliphatic carbocycles. The Hall–Kier alpha value is -3.37. The van der Waals surface area contributed by atoms with Gasteiger partial charge in [-0.2, -0.15) is 0 Å². The molecule has 0 amide bonds. The highest BCUT2D eigenvalue weighted by Crippen LogP contribution is 2.55. The van der Waals surface area contributed by atoms with Crippen LogP contribution in [0.15, 0.2) is 24.3 Å². The van der Waals surface area contributed by atoms with Gasteiger partial charge in [0, 0.05) is 11.8 Å². The zero-order chi connectivity index (χ0) is 30.3. The van der Waals surface area contributed by atoms with Gasteiger partial charge in [-0.25, -0.2) is 0 Å². The number of hydrogen-bond acceptors (Lipinski definition) is 14. The molecule has 9 atom stereocenters. The average molecular weight is 595 g/mol. The van der Waals surface area contributed by atoms with Crippen LogP contribution in [-0.4, -0.2) is 109 Å². The quantitative estimate of drug-likeness (QED) is 0.235. The van der Waals surface area contributed by atoms with Crippen LogP contribution in [0.25, 0.3) is 0 Å². The molecule has 2 aromatic rings. The molecular weight excluding hydrogens is 560 g/mol. The number of carbonyl (C=O) groups excluding carboxylic acids is 1. The number of cyclic esters (lactones) is 1. The monoisotopic (exact) mass is 594 g/mol. The third-order valence-electron chi connectivity index (χ3n) is 8.06. The Balaban J connectivity index is 0.000000248. The second-order valence-electron chi connectivity index (χ2n) is 10.3. The second kappa shape index (κ2) is 12.1. The summed E-state index contributed by atoms with van der Waals surface area (Å²) in [4.78, 5) is 12.7. The minimum absolute atomic E-state index is 0.123. The summed E-state index contributed by atoms with van der Waals surface area (Å²) in [6.45, 7) is -0.237. The van der Waals surface area contributed by atoms with Crippen molar-refractivity contribution < 1.29 is 68.6 Å². The van der Waals surface area contributed by atoms with E-state index >= 15 is 0 Å². The second-order valence-corrected chi connectivity index (χ2v) is 10.3. The molecule has 0 spiro atoms. The van der Waals surface area contributed by atoms with Gasteiger partial charge in [0.05, 0.1) is 46.6 Å². The maximum absolute atomic E-state index is 12.7. The topological polar surface area (TPSA) is 203 Å². The Morgan fingerprint density at radius 3 is 2.00 bits per heavy atom. The number of carbonyl (C=O) groups is 1. The average Bonchev–Trinajstić information content (AvgIpc) is 3.63. The predicted molar refractivity (Wildman–Crippen MR) is 139 cm³/mol. The van der Waals surface area contributed by atoms with Crippen LogP contribution >= 0.6 is 0 Å². The summed E-state index contributed by atoms with van der Waals surface area (Å²) in [6.07, 6.45) is -7.88. The van der Waals surface area contributed by atoms with Crippen LogP contribution in [0.2, 0.25) is 0 Å². The van der Waals surface area contributed by atoms with Gasteiger partial charge in [0.2, 0.25) is 12.5 Å². The molecule has 4 aliphatic rings. The fraction of sp³-hybridized carbons (Fsp3) is 0.536. The maximum Gasteiger partial charge on any atom is 0.310 e. The van der Waals surface area contributed by atoms with Gasteiger partial charge >= 0.3 is 5.97 Å². The minimum Gasteiger partial charge on any atom is -0.493 e. The lowest BCUT2D eigenvalue weighted by molar-refractivity contribution is -0.286. The van der Waals surface area contributed by atoms with Gasteiger partial charge in [-0.05, 0) is 41.0 Å². The van der Waals surface area contributed by atoms with Gasteiger partial charge in [-0.1, -0.05) is 0 Å². The molecule has 3 aliphatic heterocycles. The number of rotatable bonds is 5. The van der Waals surface area contributed by atoms with E-state index < -0.39 is 49.3 Å². The summed E-state index contributed by atoms with van der Waals surface area (Å²) in [7, 11) is 4.63. The van der Waals surface area contributed by atoms with E-state index in [1.165, 1.54) is 7.11 Å². The fourth-order valence-electron chi connectivity index (χ4n) is 5.90. The standard InChI is InChI=1S/C22H22O8.C6H12O6/c1-25-16-4-10(5-17(26-2)21(16)27-3)18-11-6-14-15(30-9-29-14)7-12(11)20(23)13-8-28-22(24)19(13)18;7-1-2-3(8)4(9)5(10)6(11)12-2/h4-7,13,18-20,23H,8-9H2,1-3H3;2-11H,1H2/t13-,18+,19-,20-;2-,3-,4+,5-,6+/m01/s1. The Kier molecular flexibility index (Phi) is 8.66. The molecule has 0 bridgehead atoms. The van der Waals surface area contributed by atoms with Crippen molar-refractivity contribution in [3.8, 4) is 28.7 Å². The Labute approximate surface area is 240 Å². The van der Waals surface area contributed by atoms with Crippen LogP contribution in [-0.2, 0) is 14.3 Å². The lowest BCUT2D eigenvalue weighted by atomic mass is 9.66. The third kappa shape index (κ3) is 5.08. The zero-order valence-corrected chi connectivity index (χ0v) is 23.1. The van der Waals surface area contributed by atoms with Gasteiger partial charge in [0.1, 0.15) is 24.4 Å². The molecule has 14 nitrogen and oxygen atoms in total. The first-order chi connectivity index (χ1) is 20.1. The first-order valence-electron chi connectivity index (χ1n) is 13.2. The molecule has 2 fully saturated rings. The fourth-order valence-corrected chi connectivity index (χ4v) is 5.90. The van der Waals surface area contributed by atoms with E-state index in [9.17, 15) is 9.90 Å². The first-order valence-corrected chi connectivity index (χ1v) is 13.2. The Morgan fingerprint density at radius 2 is 1.43 bits per heavy atom. The maximum atomic E-state index is 12.7. The van der Waals surface area contributed by atoms with Crippen molar-refractivity contribution >= 4 is 5.97 Å².